The number of carbonyl (C=O) groups excluding carboxylic acids is 2. The minimum absolute atomic E-state index is 0.0521. The highest BCUT2D eigenvalue weighted by atomic mass is 35.5. The molecule has 4 heteroatoms. The summed E-state index contributed by atoms with van der Waals surface area (Å²) in [5.41, 5.74) is 1.41. The first kappa shape index (κ1) is 13.5. The van der Waals surface area contributed by atoms with Gasteiger partial charge >= 0.3 is 0 Å². The Morgan fingerprint density at radius 2 is 2.06 bits per heavy atom. The zero-order valence-corrected chi connectivity index (χ0v) is 10.5. The highest BCUT2D eigenvalue weighted by Crippen LogP contribution is 2.19. The number of nitrogens with one attached hydrogen (secondary N) is 1. The number of carbonyl (C=O) groups is 2. The van der Waals surface area contributed by atoms with Gasteiger partial charge in [-0.25, -0.2) is 0 Å². The van der Waals surface area contributed by atoms with Crippen LogP contribution in [0.5, 0.6) is 0 Å². The molecule has 0 aromatic heterocycles. The largest absolute Gasteiger partial charge is 0.353 e. The monoisotopic (exact) mass is 251 g/mol. The second kappa shape index (κ2) is 6.21. The van der Waals surface area contributed by atoms with Crippen molar-refractivity contribution in [3.63, 3.8) is 0 Å². The van der Waals surface area contributed by atoms with Crippen molar-refractivity contribution in [3.05, 3.63) is 40.4 Å². The third-order valence-electron chi connectivity index (χ3n) is 2.15. The summed E-state index contributed by atoms with van der Waals surface area (Å²) in [5.74, 6) is -0.122. The van der Waals surface area contributed by atoms with Gasteiger partial charge in [-0.15, -0.1) is 0 Å². The number of Topliss-reactive ketones (excluding diaryl/α,β-unsaturated/α-hetero) is 1. The molecule has 3 nitrogen and oxygen atoms in total. The van der Waals surface area contributed by atoms with E-state index in [2.05, 4.69) is 5.32 Å². The van der Waals surface area contributed by atoms with Crippen LogP contribution >= 0.6 is 11.6 Å². The molecule has 17 heavy (non-hydrogen) atoms. The number of rotatable bonds is 4. The Hall–Kier alpha value is -1.61. The molecule has 1 rings (SSSR count). The van der Waals surface area contributed by atoms with Crippen LogP contribution in [0.3, 0.4) is 0 Å². The van der Waals surface area contributed by atoms with Crippen molar-refractivity contribution < 1.29 is 9.59 Å². The lowest BCUT2D eigenvalue weighted by atomic mass is 10.1. The Bertz CT molecular complexity index is 466. The first-order valence-electron chi connectivity index (χ1n) is 5.22. The highest BCUT2D eigenvalue weighted by molar-refractivity contribution is 6.34. The summed E-state index contributed by atoms with van der Waals surface area (Å²) in [4.78, 5) is 21.8. The Morgan fingerprint density at radius 1 is 1.35 bits per heavy atom. The second-order valence-electron chi connectivity index (χ2n) is 3.63. The number of hydrogen-bond acceptors (Lipinski definition) is 2. The zero-order valence-electron chi connectivity index (χ0n) is 9.79. The van der Waals surface area contributed by atoms with Crippen molar-refractivity contribution in [3.8, 4) is 0 Å². The smallest absolute Gasteiger partial charge is 0.217 e. The molecule has 0 radical (unpaired) electrons. The maximum absolute atomic E-state index is 11.2. The third-order valence-corrected chi connectivity index (χ3v) is 2.46. The van der Waals surface area contributed by atoms with Crippen molar-refractivity contribution in [2.24, 2.45) is 0 Å². The third kappa shape index (κ3) is 4.41. The summed E-state index contributed by atoms with van der Waals surface area (Å²) < 4.78 is 0. The van der Waals surface area contributed by atoms with Crippen LogP contribution in [0.25, 0.3) is 6.08 Å². The molecule has 0 aliphatic carbocycles. The number of benzene rings is 1. The summed E-state index contributed by atoms with van der Waals surface area (Å²) in [6.07, 6.45) is 3.66. The van der Waals surface area contributed by atoms with Crippen molar-refractivity contribution in [1.29, 1.82) is 0 Å². The molecule has 1 aromatic rings. The van der Waals surface area contributed by atoms with Crippen molar-refractivity contribution >= 4 is 29.4 Å². The molecule has 1 N–H and O–H groups in total. The standard InChI is InChI=1S/C13H14ClNO2/c1-9(16)12-6-5-11(8-13(12)14)4-3-7-15-10(2)17/h3-6,8H,7H2,1-2H3,(H,15,17). The van der Waals surface area contributed by atoms with E-state index in [1.54, 1.807) is 12.1 Å². The average molecular weight is 252 g/mol. The van der Waals surface area contributed by atoms with Gasteiger partial charge in [-0.2, -0.15) is 0 Å². The van der Waals surface area contributed by atoms with Crippen molar-refractivity contribution in [2.45, 2.75) is 13.8 Å². The maximum atomic E-state index is 11.2. The lowest BCUT2D eigenvalue weighted by Gasteiger charge is -2.01. The lowest BCUT2D eigenvalue weighted by molar-refractivity contribution is -0.118. The Morgan fingerprint density at radius 3 is 2.59 bits per heavy atom. The first-order valence-corrected chi connectivity index (χ1v) is 5.60. The van der Waals surface area contributed by atoms with Gasteiger partial charge in [0.1, 0.15) is 0 Å². The number of halogens is 1. The fraction of sp³-hybridized carbons (Fsp3) is 0.231. The minimum atomic E-state index is -0.0698. The van der Waals surface area contributed by atoms with Crippen LogP contribution in [-0.4, -0.2) is 18.2 Å². The summed E-state index contributed by atoms with van der Waals surface area (Å²) in [6, 6.07) is 5.23. The van der Waals surface area contributed by atoms with Crippen LogP contribution in [0.15, 0.2) is 24.3 Å². The molecular weight excluding hydrogens is 238 g/mol. The fourth-order valence-corrected chi connectivity index (χ4v) is 1.64. The van der Waals surface area contributed by atoms with E-state index in [4.69, 9.17) is 11.6 Å². The minimum Gasteiger partial charge on any atom is -0.353 e. The molecule has 0 aliphatic heterocycles. The highest BCUT2D eigenvalue weighted by Gasteiger charge is 2.04. The van der Waals surface area contributed by atoms with E-state index in [-0.39, 0.29) is 11.7 Å². The molecule has 90 valence electrons. The van der Waals surface area contributed by atoms with Crippen molar-refractivity contribution in [1.82, 2.24) is 5.32 Å². The van der Waals surface area contributed by atoms with Gasteiger partial charge in [0, 0.05) is 19.0 Å². The van der Waals surface area contributed by atoms with Crippen LogP contribution in [0.1, 0.15) is 29.8 Å². The van der Waals surface area contributed by atoms with E-state index in [9.17, 15) is 9.59 Å². The van der Waals surface area contributed by atoms with E-state index in [0.717, 1.165) is 5.56 Å². The maximum Gasteiger partial charge on any atom is 0.217 e. The van der Waals surface area contributed by atoms with E-state index in [1.165, 1.54) is 13.8 Å². The number of amides is 1. The molecule has 0 saturated heterocycles. The summed E-state index contributed by atoms with van der Waals surface area (Å²) >= 11 is 5.96. The zero-order chi connectivity index (χ0) is 12.8. The summed E-state index contributed by atoms with van der Waals surface area (Å²) in [5, 5.41) is 3.09. The van der Waals surface area contributed by atoms with Gasteiger partial charge in [0.2, 0.25) is 5.91 Å². The van der Waals surface area contributed by atoms with Crippen LogP contribution in [0.2, 0.25) is 5.02 Å². The molecule has 0 fully saturated rings. The molecule has 0 heterocycles. The molecular formula is C13H14ClNO2. The molecule has 0 saturated carbocycles. The van der Waals surface area contributed by atoms with Crippen molar-refractivity contribution in [2.75, 3.05) is 6.54 Å². The second-order valence-corrected chi connectivity index (χ2v) is 4.04. The molecule has 0 spiro atoms. The number of ketones is 1. The quantitative estimate of drug-likeness (QED) is 0.837. The van der Waals surface area contributed by atoms with Gasteiger partial charge in [0.25, 0.3) is 0 Å². The van der Waals surface area contributed by atoms with Gasteiger partial charge < -0.3 is 5.32 Å². The Kier molecular flexibility index (Phi) is 4.91. The molecule has 0 unspecified atom stereocenters. The van der Waals surface area contributed by atoms with E-state index in [1.807, 2.05) is 18.2 Å². The van der Waals surface area contributed by atoms with Crippen LogP contribution in [0.4, 0.5) is 0 Å². The van der Waals surface area contributed by atoms with E-state index < -0.39 is 0 Å². The van der Waals surface area contributed by atoms with Crippen LogP contribution in [-0.2, 0) is 4.79 Å². The van der Waals surface area contributed by atoms with Gasteiger partial charge in [0.15, 0.2) is 5.78 Å². The van der Waals surface area contributed by atoms with Gasteiger partial charge in [0.05, 0.1) is 5.02 Å². The predicted molar refractivity (Wildman–Crippen MR) is 69.2 cm³/mol. The SMILES string of the molecule is CC(=O)NCC=Cc1ccc(C(C)=O)c(Cl)c1. The van der Waals surface area contributed by atoms with E-state index in [0.29, 0.717) is 17.1 Å². The topological polar surface area (TPSA) is 46.2 Å². The first-order chi connectivity index (χ1) is 8.00. The Balaban J connectivity index is 2.70. The van der Waals surface area contributed by atoms with Gasteiger partial charge in [-0.3, -0.25) is 9.59 Å². The average Bonchev–Trinajstić information content (AvgIpc) is 2.23. The molecule has 0 bridgehead atoms. The summed E-state index contributed by atoms with van der Waals surface area (Å²) in [6.45, 7) is 3.42. The summed E-state index contributed by atoms with van der Waals surface area (Å²) in [7, 11) is 0. The normalized spacial score (nSPS) is 10.5. The fourth-order valence-electron chi connectivity index (χ4n) is 1.32. The number of hydrogen-bond donors (Lipinski definition) is 1. The van der Waals surface area contributed by atoms with Gasteiger partial charge in [-0.1, -0.05) is 29.8 Å². The van der Waals surface area contributed by atoms with Gasteiger partial charge in [-0.05, 0) is 24.6 Å². The van der Waals surface area contributed by atoms with Crippen LogP contribution in [0, 0.1) is 0 Å². The van der Waals surface area contributed by atoms with E-state index >= 15 is 0 Å². The van der Waals surface area contributed by atoms with Crippen LogP contribution < -0.4 is 5.32 Å². The Labute approximate surface area is 105 Å². The molecule has 0 atom stereocenters. The predicted octanol–water partition coefficient (Wildman–Crippen LogP) is 2.69. The molecule has 0 aliphatic rings. The molecule has 1 amide bonds. The molecule has 1 aromatic carbocycles. The lowest BCUT2D eigenvalue weighted by Crippen LogP contribution is -2.19.